The van der Waals surface area contributed by atoms with Crippen molar-refractivity contribution >= 4 is 21.7 Å². The molecule has 21 heavy (non-hydrogen) atoms. The largest absolute Gasteiger partial charge is 0.444 e. The smallest absolute Gasteiger partial charge is 0.205 e. The zero-order valence-electron chi connectivity index (χ0n) is 11.4. The summed E-state index contributed by atoms with van der Waals surface area (Å²) >= 11 is 3.43. The number of allylic oxidation sites excluding steroid dienone is 3. The molecule has 7 heteroatoms. The van der Waals surface area contributed by atoms with Gasteiger partial charge in [-0.15, -0.1) is 0 Å². The molecular formula is C14H13BrN4O2. The Morgan fingerprint density at radius 3 is 2.95 bits per heavy atom. The summed E-state index contributed by atoms with van der Waals surface area (Å²) in [6.45, 7) is 0. The van der Waals surface area contributed by atoms with Crippen LogP contribution in [-0.4, -0.2) is 15.6 Å². The van der Waals surface area contributed by atoms with Crippen LogP contribution < -0.4 is 5.73 Å². The molecule has 1 aliphatic carbocycles. The summed E-state index contributed by atoms with van der Waals surface area (Å²) in [5.41, 5.74) is 7.42. The second kappa shape index (κ2) is 5.04. The monoisotopic (exact) mass is 348 g/mol. The Hall–Kier alpha value is -2.07. The SMILES string of the molecule is Cn1ncc(Br)c1C1C(C#N)=C(N)OC2=C1C(=O)CCC2. The zero-order valence-corrected chi connectivity index (χ0v) is 13.0. The van der Waals surface area contributed by atoms with Gasteiger partial charge in [-0.25, -0.2) is 0 Å². The van der Waals surface area contributed by atoms with Gasteiger partial charge in [-0.3, -0.25) is 9.48 Å². The highest BCUT2D eigenvalue weighted by Crippen LogP contribution is 2.44. The molecule has 0 bridgehead atoms. The summed E-state index contributed by atoms with van der Waals surface area (Å²) < 4.78 is 7.91. The maximum Gasteiger partial charge on any atom is 0.205 e. The molecule has 0 aromatic carbocycles. The second-order valence-corrected chi connectivity index (χ2v) is 5.89. The van der Waals surface area contributed by atoms with Gasteiger partial charge in [0.15, 0.2) is 5.78 Å². The molecule has 0 fully saturated rings. The topological polar surface area (TPSA) is 93.9 Å². The van der Waals surface area contributed by atoms with Crippen LogP contribution in [0.1, 0.15) is 30.9 Å². The van der Waals surface area contributed by atoms with Crippen molar-refractivity contribution < 1.29 is 9.53 Å². The lowest BCUT2D eigenvalue weighted by atomic mass is 9.79. The molecule has 6 nitrogen and oxygen atoms in total. The minimum atomic E-state index is -0.520. The number of nitrogens with zero attached hydrogens (tertiary/aromatic N) is 3. The first-order valence-electron chi connectivity index (χ1n) is 6.55. The van der Waals surface area contributed by atoms with Gasteiger partial charge < -0.3 is 10.5 Å². The molecule has 0 saturated heterocycles. The van der Waals surface area contributed by atoms with Crippen molar-refractivity contribution in [1.29, 1.82) is 5.26 Å². The summed E-state index contributed by atoms with van der Waals surface area (Å²) in [4.78, 5) is 12.4. The van der Waals surface area contributed by atoms with E-state index >= 15 is 0 Å². The summed E-state index contributed by atoms with van der Waals surface area (Å²) in [6, 6.07) is 2.08. The highest BCUT2D eigenvalue weighted by atomic mass is 79.9. The van der Waals surface area contributed by atoms with Gasteiger partial charge in [0.05, 0.1) is 22.3 Å². The van der Waals surface area contributed by atoms with Crippen molar-refractivity contribution in [2.45, 2.75) is 25.2 Å². The summed E-state index contributed by atoms with van der Waals surface area (Å²) in [7, 11) is 1.77. The summed E-state index contributed by atoms with van der Waals surface area (Å²) in [6.07, 6.45) is 3.51. The van der Waals surface area contributed by atoms with E-state index in [9.17, 15) is 10.1 Å². The Balaban J connectivity index is 2.25. The fourth-order valence-electron chi connectivity index (χ4n) is 2.87. The van der Waals surface area contributed by atoms with Crippen LogP contribution in [0.25, 0.3) is 0 Å². The summed E-state index contributed by atoms with van der Waals surface area (Å²) in [5, 5.41) is 13.6. The molecule has 2 heterocycles. The number of rotatable bonds is 1. The quantitative estimate of drug-likeness (QED) is 0.837. The van der Waals surface area contributed by atoms with E-state index in [4.69, 9.17) is 10.5 Å². The Bertz CT molecular complexity index is 719. The van der Waals surface area contributed by atoms with Gasteiger partial charge in [-0.1, -0.05) is 0 Å². The lowest BCUT2D eigenvalue weighted by molar-refractivity contribution is -0.116. The van der Waals surface area contributed by atoms with E-state index in [2.05, 4.69) is 27.1 Å². The van der Waals surface area contributed by atoms with E-state index in [0.29, 0.717) is 24.2 Å². The number of carbonyl (C=O) groups is 1. The Kier molecular flexibility index (Phi) is 3.33. The maximum absolute atomic E-state index is 12.4. The third-order valence-corrected chi connectivity index (χ3v) is 4.43. The Morgan fingerprint density at radius 1 is 1.57 bits per heavy atom. The first-order chi connectivity index (χ1) is 10.0. The third-order valence-electron chi connectivity index (χ3n) is 3.82. The molecule has 1 aliphatic heterocycles. The molecule has 0 radical (unpaired) electrons. The van der Waals surface area contributed by atoms with Gasteiger partial charge in [0, 0.05) is 25.5 Å². The van der Waals surface area contributed by atoms with Crippen LogP contribution >= 0.6 is 15.9 Å². The van der Waals surface area contributed by atoms with Crippen LogP contribution in [0.4, 0.5) is 0 Å². The minimum Gasteiger partial charge on any atom is -0.444 e. The molecule has 1 aromatic heterocycles. The van der Waals surface area contributed by atoms with Crippen molar-refractivity contribution in [3.05, 3.63) is 39.2 Å². The standard InChI is InChI=1S/C14H13BrN4O2/c1-19-13(8(15)6-18-19)11-7(5-16)14(17)21-10-4-2-3-9(20)12(10)11/h6,11H,2-4,17H2,1H3. The Morgan fingerprint density at radius 2 is 2.33 bits per heavy atom. The van der Waals surface area contributed by atoms with E-state index in [0.717, 1.165) is 16.6 Å². The van der Waals surface area contributed by atoms with E-state index in [1.54, 1.807) is 17.9 Å². The van der Waals surface area contributed by atoms with Crippen molar-refractivity contribution in [3.8, 4) is 6.07 Å². The maximum atomic E-state index is 12.4. The van der Waals surface area contributed by atoms with Crippen LogP contribution in [0.3, 0.4) is 0 Å². The van der Waals surface area contributed by atoms with Gasteiger partial charge in [0.2, 0.25) is 5.88 Å². The van der Waals surface area contributed by atoms with Gasteiger partial charge in [0.1, 0.15) is 17.4 Å². The predicted octanol–water partition coefficient (Wildman–Crippen LogP) is 2.00. The average Bonchev–Trinajstić information content (AvgIpc) is 2.77. The predicted molar refractivity (Wildman–Crippen MR) is 77.4 cm³/mol. The van der Waals surface area contributed by atoms with Crippen LogP contribution in [0.2, 0.25) is 0 Å². The van der Waals surface area contributed by atoms with E-state index < -0.39 is 5.92 Å². The van der Waals surface area contributed by atoms with Gasteiger partial charge >= 0.3 is 0 Å². The van der Waals surface area contributed by atoms with Crippen LogP contribution in [0.15, 0.2) is 33.5 Å². The number of nitrogens with two attached hydrogens (primary N) is 1. The van der Waals surface area contributed by atoms with Crippen LogP contribution in [0, 0.1) is 11.3 Å². The first kappa shape index (κ1) is 13.9. The number of nitriles is 1. The van der Waals surface area contributed by atoms with Crippen molar-refractivity contribution in [2.75, 3.05) is 0 Å². The molecule has 1 unspecified atom stereocenters. The molecule has 2 aliphatic rings. The molecule has 0 amide bonds. The lowest BCUT2D eigenvalue weighted by Crippen LogP contribution is -2.28. The number of carbonyl (C=O) groups excluding carboxylic acids is 1. The normalized spacial score (nSPS) is 22.0. The second-order valence-electron chi connectivity index (χ2n) is 5.04. The number of Topliss-reactive ketones (excluding diaryl/α,β-unsaturated/α-hetero) is 1. The minimum absolute atomic E-state index is 0.00889. The third kappa shape index (κ3) is 2.07. The highest BCUT2D eigenvalue weighted by molar-refractivity contribution is 9.10. The van der Waals surface area contributed by atoms with Crippen LogP contribution in [-0.2, 0) is 16.6 Å². The van der Waals surface area contributed by atoms with E-state index in [1.807, 2.05) is 0 Å². The molecular weight excluding hydrogens is 336 g/mol. The van der Waals surface area contributed by atoms with Crippen LogP contribution in [0.5, 0.6) is 0 Å². The van der Waals surface area contributed by atoms with E-state index in [-0.39, 0.29) is 17.2 Å². The van der Waals surface area contributed by atoms with Gasteiger partial charge in [-0.2, -0.15) is 10.4 Å². The van der Waals surface area contributed by atoms with Gasteiger partial charge in [0.25, 0.3) is 0 Å². The highest BCUT2D eigenvalue weighted by Gasteiger charge is 2.40. The molecule has 3 rings (SSSR count). The molecule has 0 spiro atoms. The van der Waals surface area contributed by atoms with Crippen molar-refractivity contribution in [2.24, 2.45) is 12.8 Å². The first-order valence-corrected chi connectivity index (χ1v) is 7.35. The van der Waals surface area contributed by atoms with Crippen molar-refractivity contribution in [1.82, 2.24) is 9.78 Å². The molecule has 2 N–H and O–H groups in total. The number of ether oxygens (including phenoxy) is 1. The number of ketones is 1. The van der Waals surface area contributed by atoms with Gasteiger partial charge in [-0.05, 0) is 22.4 Å². The Labute approximate surface area is 130 Å². The number of halogens is 1. The molecule has 108 valence electrons. The number of hydrogen-bond acceptors (Lipinski definition) is 5. The fraction of sp³-hybridized carbons (Fsp3) is 0.357. The summed E-state index contributed by atoms with van der Waals surface area (Å²) in [5.74, 6) is 0.146. The molecule has 1 aromatic rings. The number of aryl methyl sites for hydroxylation is 1. The average molecular weight is 349 g/mol. The fourth-order valence-corrected chi connectivity index (χ4v) is 3.45. The van der Waals surface area contributed by atoms with Crippen molar-refractivity contribution in [3.63, 3.8) is 0 Å². The molecule has 1 atom stereocenters. The number of hydrogen-bond donors (Lipinski definition) is 1. The molecule has 0 saturated carbocycles. The lowest BCUT2D eigenvalue weighted by Gasteiger charge is -2.30. The number of aromatic nitrogens is 2. The zero-order chi connectivity index (χ0) is 15.1. The van der Waals surface area contributed by atoms with E-state index in [1.165, 1.54) is 0 Å².